The van der Waals surface area contributed by atoms with Crippen molar-refractivity contribution in [2.45, 2.75) is 18.7 Å². The van der Waals surface area contributed by atoms with E-state index in [0.29, 0.717) is 22.0 Å². The van der Waals surface area contributed by atoms with Gasteiger partial charge in [-0.15, -0.1) is 0 Å². The van der Waals surface area contributed by atoms with Crippen molar-refractivity contribution in [1.82, 2.24) is 0 Å². The number of nitrogens with zero attached hydrogens (tertiary/aromatic N) is 3. The summed E-state index contributed by atoms with van der Waals surface area (Å²) in [6.07, 6.45) is 0. The Morgan fingerprint density at radius 1 is 0.833 bits per heavy atom. The molecule has 0 aliphatic carbocycles. The first-order valence-corrected chi connectivity index (χ1v) is 12.8. The lowest BCUT2D eigenvalue weighted by Crippen LogP contribution is -2.38. The van der Waals surface area contributed by atoms with Crippen LogP contribution in [0.25, 0.3) is 0 Å². The third-order valence-electron chi connectivity index (χ3n) is 5.43. The van der Waals surface area contributed by atoms with E-state index in [9.17, 15) is 18.5 Å². The summed E-state index contributed by atoms with van der Waals surface area (Å²) in [7, 11) is -4.28. The summed E-state index contributed by atoms with van der Waals surface area (Å²) >= 11 is 6.54. The third kappa shape index (κ3) is 5.30. The third-order valence-corrected chi connectivity index (χ3v) is 7.49. The van der Waals surface area contributed by atoms with Crippen LogP contribution in [0.4, 0.5) is 17.1 Å². The van der Waals surface area contributed by atoms with E-state index < -0.39 is 14.9 Å². The molecule has 0 fully saturated rings. The smallest absolute Gasteiger partial charge is 0.258 e. The fraction of sp³-hybridized carbons (Fsp3) is 0.0741. The predicted octanol–water partition coefficient (Wildman–Crippen LogP) is 6.84. The number of hydrogen-bond donors (Lipinski definition) is 0. The lowest BCUT2D eigenvalue weighted by molar-refractivity contribution is -0.384. The number of aryl methyl sites for hydroxylation is 2. The summed E-state index contributed by atoms with van der Waals surface area (Å²) in [4.78, 5) is 15.1. The molecule has 7 nitrogen and oxygen atoms in total. The van der Waals surface area contributed by atoms with Crippen molar-refractivity contribution in [2.24, 2.45) is 4.99 Å². The van der Waals surface area contributed by atoms with Crippen molar-refractivity contribution >= 4 is 44.5 Å². The van der Waals surface area contributed by atoms with Crippen LogP contribution in [0.15, 0.2) is 107 Å². The van der Waals surface area contributed by atoms with Gasteiger partial charge in [-0.2, -0.15) is 0 Å². The van der Waals surface area contributed by atoms with Gasteiger partial charge in [0.1, 0.15) is 0 Å². The molecule has 0 N–H and O–H groups in total. The summed E-state index contributed by atoms with van der Waals surface area (Å²) in [5.41, 5.74) is 3.04. The first kappa shape index (κ1) is 25.1. The van der Waals surface area contributed by atoms with Gasteiger partial charge in [0, 0.05) is 17.7 Å². The molecule has 0 saturated heterocycles. The highest BCUT2D eigenvalue weighted by Crippen LogP contribution is 2.31. The number of nitro groups is 1. The zero-order valence-electron chi connectivity index (χ0n) is 19.5. The second kappa shape index (κ2) is 10.3. The number of hydrogen-bond acceptors (Lipinski definition) is 5. The van der Waals surface area contributed by atoms with Gasteiger partial charge >= 0.3 is 0 Å². The molecule has 4 rings (SSSR count). The van der Waals surface area contributed by atoms with E-state index in [0.717, 1.165) is 27.6 Å². The Labute approximate surface area is 214 Å². The second-order valence-electron chi connectivity index (χ2n) is 8.11. The average Bonchev–Trinajstić information content (AvgIpc) is 2.86. The number of anilines is 1. The van der Waals surface area contributed by atoms with E-state index in [1.54, 1.807) is 60.7 Å². The number of aliphatic imine (C=N–C) groups is 1. The van der Waals surface area contributed by atoms with E-state index in [4.69, 9.17) is 16.6 Å². The van der Waals surface area contributed by atoms with Gasteiger partial charge in [-0.3, -0.25) is 10.1 Å². The van der Waals surface area contributed by atoms with E-state index in [2.05, 4.69) is 0 Å². The molecule has 0 aromatic heterocycles. The fourth-order valence-corrected chi connectivity index (χ4v) is 5.18. The maximum absolute atomic E-state index is 14.1. The van der Waals surface area contributed by atoms with Crippen molar-refractivity contribution in [2.75, 3.05) is 4.31 Å². The Kier molecular flexibility index (Phi) is 7.19. The van der Waals surface area contributed by atoms with Gasteiger partial charge in [0.05, 0.1) is 26.2 Å². The molecular weight excluding hydrogens is 498 g/mol. The van der Waals surface area contributed by atoms with Crippen LogP contribution in [-0.4, -0.2) is 19.2 Å². The molecule has 4 aromatic carbocycles. The Morgan fingerprint density at radius 2 is 1.39 bits per heavy atom. The molecule has 0 heterocycles. The van der Waals surface area contributed by atoms with E-state index in [1.807, 2.05) is 26.0 Å². The average molecular weight is 520 g/mol. The van der Waals surface area contributed by atoms with Gasteiger partial charge in [-0.1, -0.05) is 59.1 Å². The molecule has 0 atom stereocenters. The van der Waals surface area contributed by atoms with Crippen LogP contribution in [-0.2, 0) is 10.0 Å². The first-order chi connectivity index (χ1) is 17.2. The molecule has 36 heavy (non-hydrogen) atoms. The predicted molar refractivity (Wildman–Crippen MR) is 143 cm³/mol. The van der Waals surface area contributed by atoms with Gasteiger partial charge in [-0.25, -0.2) is 17.7 Å². The van der Waals surface area contributed by atoms with Gasteiger partial charge in [0.2, 0.25) is 0 Å². The van der Waals surface area contributed by atoms with Crippen LogP contribution in [0.5, 0.6) is 0 Å². The van der Waals surface area contributed by atoms with Gasteiger partial charge in [-0.05, 0) is 62.4 Å². The summed E-state index contributed by atoms with van der Waals surface area (Å²) in [5, 5.41) is 11.4. The quantitative estimate of drug-likeness (QED) is 0.121. The van der Waals surface area contributed by atoms with Crippen LogP contribution >= 0.6 is 11.6 Å². The molecule has 0 aliphatic heterocycles. The standard InChI is InChI=1S/C27H22ClN3O4S/c1-19-7-11-21(12-8-19)29-27(25-5-3-4-6-26(25)28)30(22-13-9-20(2)10-14-22)36(34,35)24-17-15-23(16-18-24)31(32)33/h3-18H,1-2H3. The molecule has 0 radical (unpaired) electrons. The minimum Gasteiger partial charge on any atom is -0.258 e. The summed E-state index contributed by atoms with van der Waals surface area (Å²) in [6, 6.07) is 25.9. The molecule has 9 heteroatoms. The van der Waals surface area contributed by atoms with Gasteiger partial charge < -0.3 is 0 Å². The second-order valence-corrected chi connectivity index (χ2v) is 10.3. The largest absolute Gasteiger partial charge is 0.269 e. The highest BCUT2D eigenvalue weighted by atomic mass is 35.5. The summed E-state index contributed by atoms with van der Waals surface area (Å²) in [6.45, 7) is 3.84. The van der Waals surface area contributed by atoms with E-state index in [1.165, 1.54) is 12.1 Å². The summed E-state index contributed by atoms with van der Waals surface area (Å²) < 4.78 is 29.3. The number of non-ortho nitro benzene ring substituents is 1. The fourth-order valence-electron chi connectivity index (χ4n) is 3.50. The Bertz CT molecular complexity index is 1530. The minimum absolute atomic E-state index is 0.0895. The molecular formula is C27H22ClN3O4S. The molecule has 4 aromatic rings. The number of sulfonamides is 1. The Hall–Kier alpha value is -4.01. The van der Waals surface area contributed by atoms with Crippen molar-refractivity contribution in [1.29, 1.82) is 0 Å². The Balaban J connectivity index is 2.00. The first-order valence-electron chi connectivity index (χ1n) is 10.9. The molecule has 0 saturated carbocycles. The zero-order valence-corrected chi connectivity index (χ0v) is 21.1. The maximum Gasteiger partial charge on any atom is 0.269 e. The van der Waals surface area contributed by atoms with E-state index in [-0.39, 0.29) is 16.4 Å². The normalized spacial score (nSPS) is 11.8. The summed E-state index contributed by atoms with van der Waals surface area (Å²) in [5.74, 6) is 0.0895. The molecule has 0 spiro atoms. The lowest BCUT2D eigenvalue weighted by atomic mass is 10.1. The number of amidine groups is 1. The number of benzene rings is 4. The van der Waals surface area contributed by atoms with Crippen LogP contribution in [0.2, 0.25) is 5.02 Å². The van der Waals surface area contributed by atoms with Crippen LogP contribution in [0.3, 0.4) is 0 Å². The Morgan fingerprint density at radius 3 is 1.94 bits per heavy atom. The SMILES string of the molecule is Cc1ccc(N=C(c2ccccc2Cl)N(c2ccc(C)cc2)S(=O)(=O)c2ccc([N+](=O)[O-])cc2)cc1. The van der Waals surface area contributed by atoms with Gasteiger partial charge in [0.25, 0.3) is 15.7 Å². The lowest BCUT2D eigenvalue weighted by Gasteiger charge is -2.27. The highest BCUT2D eigenvalue weighted by Gasteiger charge is 2.32. The van der Waals surface area contributed by atoms with Crippen LogP contribution in [0.1, 0.15) is 16.7 Å². The monoisotopic (exact) mass is 519 g/mol. The maximum atomic E-state index is 14.1. The van der Waals surface area contributed by atoms with Crippen molar-refractivity contribution in [3.63, 3.8) is 0 Å². The number of halogens is 1. The van der Waals surface area contributed by atoms with Crippen molar-refractivity contribution in [3.05, 3.63) is 129 Å². The molecule has 0 unspecified atom stereocenters. The molecule has 182 valence electrons. The highest BCUT2D eigenvalue weighted by molar-refractivity contribution is 7.93. The molecule has 0 amide bonds. The van der Waals surface area contributed by atoms with Crippen molar-refractivity contribution in [3.8, 4) is 0 Å². The topological polar surface area (TPSA) is 92.9 Å². The van der Waals surface area contributed by atoms with Crippen LogP contribution < -0.4 is 4.31 Å². The van der Waals surface area contributed by atoms with E-state index >= 15 is 0 Å². The molecule has 0 bridgehead atoms. The van der Waals surface area contributed by atoms with Crippen LogP contribution in [0, 0.1) is 24.0 Å². The zero-order chi connectivity index (χ0) is 25.9. The number of rotatable bonds is 6. The van der Waals surface area contributed by atoms with Gasteiger partial charge in [0.15, 0.2) is 5.84 Å². The van der Waals surface area contributed by atoms with Crippen molar-refractivity contribution < 1.29 is 13.3 Å². The number of nitro benzene ring substituents is 1. The molecule has 0 aliphatic rings. The minimum atomic E-state index is -4.28.